The van der Waals surface area contributed by atoms with Crippen molar-refractivity contribution in [2.24, 2.45) is 5.73 Å². The van der Waals surface area contributed by atoms with Gasteiger partial charge in [0.2, 0.25) is 0 Å². The van der Waals surface area contributed by atoms with E-state index in [9.17, 15) is 0 Å². The first kappa shape index (κ1) is 14.7. The topological polar surface area (TPSA) is 70.9 Å². The molecule has 0 saturated carbocycles. The van der Waals surface area contributed by atoms with Crippen LogP contribution in [0.4, 0.5) is 0 Å². The van der Waals surface area contributed by atoms with Gasteiger partial charge in [-0.2, -0.15) is 5.10 Å². The van der Waals surface area contributed by atoms with Crippen molar-refractivity contribution in [2.45, 2.75) is 52.7 Å². The lowest BCUT2D eigenvalue weighted by Gasteiger charge is -2.25. The Morgan fingerprint density at radius 3 is 2.56 bits per heavy atom. The number of nitrogens with two attached hydrogens (primary N) is 1. The molecule has 0 spiro atoms. The highest BCUT2D eigenvalue weighted by molar-refractivity contribution is 5.76. The monoisotopic (exact) mass is 251 g/mol. The molecule has 0 unspecified atom stereocenters. The summed E-state index contributed by atoms with van der Waals surface area (Å²) in [5.41, 5.74) is 6.49. The Labute approximate surface area is 109 Å². The van der Waals surface area contributed by atoms with Gasteiger partial charge in [-0.1, -0.05) is 0 Å². The Bertz CT molecular complexity index is 380. The van der Waals surface area contributed by atoms with Crippen molar-refractivity contribution < 1.29 is 0 Å². The molecule has 5 heteroatoms. The molecule has 0 amide bonds. The molecular weight excluding hydrogens is 226 g/mol. The third-order valence-corrected chi connectivity index (χ3v) is 2.96. The van der Waals surface area contributed by atoms with Crippen LogP contribution in [0.1, 0.15) is 45.9 Å². The van der Waals surface area contributed by atoms with Crippen molar-refractivity contribution in [3.05, 3.63) is 18.0 Å². The lowest BCUT2D eigenvalue weighted by atomic mass is 10.2. The van der Waals surface area contributed by atoms with Gasteiger partial charge >= 0.3 is 0 Å². The average Bonchev–Trinajstić information content (AvgIpc) is 2.71. The number of rotatable bonds is 7. The van der Waals surface area contributed by atoms with Crippen molar-refractivity contribution in [3.63, 3.8) is 0 Å². The maximum absolute atomic E-state index is 7.30. The van der Waals surface area contributed by atoms with E-state index in [1.165, 1.54) is 0 Å². The van der Waals surface area contributed by atoms with Crippen molar-refractivity contribution in [1.29, 1.82) is 5.41 Å². The van der Waals surface area contributed by atoms with Crippen LogP contribution in [0.5, 0.6) is 0 Å². The van der Waals surface area contributed by atoms with Crippen molar-refractivity contribution in [2.75, 3.05) is 6.54 Å². The van der Waals surface area contributed by atoms with Gasteiger partial charge in [-0.3, -0.25) is 15.0 Å². The van der Waals surface area contributed by atoms with E-state index >= 15 is 0 Å². The van der Waals surface area contributed by atoms with E-state index in [1.807, 2.05) is 10.9 Å². The fourth-order valence-electron chi connectivity index (χ4n) is 1.74. The maximum atomic E-state index is 7.30. The molecule has 3 N–H and O–H groups in total. The average molecular weight is 251 g/mol. The van der Waals surface area contributed by atoms with Crippen molar-refractivity contribution in [1.82, 2.24) is 14.7 Å². The fraction of sp³-hybridized carbons (Fsp3) is 0.692. The minimum absolute atomic E-state index is 0.244. The highest BCUT2D eigenvalue weighted by Gasteiger charge is 2.12. The Morgan fingerprint density at radius 2 is 2.11 bits per heavy atom. The number of aromatic nitrogens is 2. The molecule has 0 aliphatic rings. The Balaban J connectivity index is 2.61. The zero-order valence-electron chi connectivity index (χ0n) is 11.8. The number of amidine groups is 1. The van der Waals surface area contributed by atoms with E-state index in [4.69, 9.17) is 11.1 Å². The molecule has 0 aromatic carbocycles. The Kier molecular flexibility index (Phi) is 5.34. The SMILES string of the molecule is CC(C)N(CCC(=N)N)Cc1ccn(C(C)C)n1. The first-order valence-electron chi connectivity index (χ1n) is 6.51. The number of hydrogen-bond donors (Lipinski definition) is 2. The van der Waals surface area contributed by atoms with E-state index in [-0.39, 0.29) is 5.84 Å². The summed E-state index contributed by atoms with van der Waals surface area (Å²) in [6.07, 6.45) is 2.63. The summed E-state index contributed by atoms with van der Waals surface area (Å²) in [4.78, 5) is 2.29. The van der Waals surface area contributed by atoms with Gasteiger partial charge in [0, 0.05) is 37.8 Å². The second-order valence-electron chi connectivity index (χ2n) is 5.22. The van der Waals surface area contributed by atoms with Gasteiger partial charge in [0.05, 0.1) is 11.5 Å². The third-order valence-electron chi connectivity index (χ3n) is 2.96. The van der Waals surface area contributed by atoms with Gasteiger partial charge in [-0.05, 0) is 33.8 Å². The molecular formula is C13H25N5. The summed E-state index contributed by atoms with van der Waals surface area (Å²) >= 11 is 0. The number of nitrogens with one attached hydrogen (secondary N) is 1. The van der Waals surface area contributed by atoms with Crippen LogP contribution >= 0.6 is 0 Å². The molecule has 1 rings (SSSR count). The van der Waals surface area contributed by atoms with Crippen molar-refractivity contribution >= 4 is 5.84 Å². The molecule has 0 bridgehead atoms. The Morgan fingerprint density at radius 1 is 1.44 bits per heavy atom. The first-order valence-corrected chi connectivity index (χ1v) is 6.51. The smallest absolute Gasteiger partial charge is 0.0918 e. The van der Waals surface area contributed by atoms with E-state index in [2.05, 4.69) is 43.8 Å². The fourth-order valence-corrected chi connectivity index (χ4v) is 1.74. The summed E-state index contributed by atoms with van der Waals surface area (Å²) < 4.78 is 1.97. The quantitative estimate of drug-likeness (QED) is 0.575. The molecule has 1 aromatic heterocycles. The summed E-state index contributed by atoms with van der Waals surface area (Å²) in [6.45, 7) is 10.2. The molecule has 1 heterocycles. The van der Waals surface area contributed by atoms with Crippen LogP contribution in [0.2, 0.25) is 0 Å². The van der Waals surface area contributed by atoms with Crippen LogP contribution in [0.25, 0.3) is 0 Å². The summed E-state index contributed by atoms with van der Waals surface area (Å²) in [5.74, 6) is 0.244. The number of hydrogen-bond acceptors (Lipinski definition) is 3. The van der Waals surface area contributed by atoms with Crippen LogP contribution < -0.4 is 5.73 Å². The Hall–Kier alpha value is -1.36. The molecule has 1 aromatic rings. The third kappa shape index (κ3) is 4.49. The standard InChI is InChI=1S/C13H25N5/c1-10(2)17(7-6-13(14)15)9-12-5-8-18(16-12)11(3)4/h5,8,10-11H,6-7,9H2,1-4H3,(H3,14,15). The molecule has 5 nitrogen and oxygen atoms in total. The van der Waals surface area contributed by atoms with Crippen LogP contribution in [-0.2, 0) is 6.54 Å². The molecule has 0 radical (unpaired) electrons. The minimum atomic E-state index is 0.244. The zero-order valence-corrected chi connectivity index (χ0v) is 11.8. The van der Waals surface area contributed by atoms with E-state index in [0.717, 1.165) is 18.8 Å². The van der Waals surface area contributed by atoms with Gasteiger partial charge in [-0.15, -0.1) is 0 Å². The molecule has 0 aliphatic carbocycles. The molecule has 0 aliphatic heterocycles. The van der Waals surface area contributed by atoms with Gasteiger partial charge in [0.25, 0.3) is 0 Å². The summed E-state index contributed by atoms with van der Waals surface area (Å²) in [7, 11) is 0. The first-order chi connectivity index (χ1) is 8.40. The van der Waals surface area contributed by atoms with Crippen LogP contribution in [0.3, 0.4) is 0 Å². The predicted molar refractivity (Wildman–Crippen MR) is 74.7 cm³/mol. The van der Waals surface area contributed by atoms with Crippen LogP contribution in [0, 0.1) is 5.41 Å². The van der Waals surface area contributed by atoms with Gasteiger partial charge in [0.15, 0.2) is 0 Å². The minimum Gasteiger partial charge on any atom is -0.388 e. The van der Waals surface area contributed by atoms with Gasteiger partial charge in [-0.25, -0.2) is 0 Å². The molecule has 18 heavy (non-hydrogen) atoms. The van der Waals surface area contributed by atoms with Crippen LogP contribution in [0.15, 0.2) is 12.3 Å². The van der Waals surface area contributed by atoms with Crippen LogP contribution in [-0.4, -0.2) is 33.1 Å². The van der Waals surface area contributed by atoms with Gasteiger partial charge in [0.1, 0.15) is 0 Å². The molecule has 102 valence electrons. The molecule has 0 saturated heterocycles. The lowest BCUT2D eigenvalue weighted by Crippen LogP contribution is -2.33. The predicted octanol–water partition coefficient (Wildman–Crippen LogP) is 2.00. The van der Waals surface area contributed by atoms with E-state index < -0.39 is 0 Å². The number of nitrogens with zero attached hydrogens (tertiary/aromatic N) is 3. The largest absolute Gasteiger partial charge is 0.388 e. The molecule has 0 atom stereocenters. The van der Waals surface area contributed by atoms with E-state index in [1.54, 1.807) is 0 Å². The second-order valence-corrected chi connectivity index (χ2v) is 5.22. The highest BCUT2D eigenvalue weighted by atomic mass is 15.3. The lowest BCUT2D eigenvalue weighted by molar-refractivity contribution is 0.215. The normalized spacial score (nSPS) is 11.7. The van der Waals surface area contributed by atoms with E-state index in [0.29, 0.717) is 18.5 Å². The highest BCUT2D eigenvalue weighted by Crippen LogP contribution is 2.09. The summed E-state index contributed by atoms with van der Waals surface area (Å²) in [5, 5.41) is 11.8. The maximum Gasteiger partial charge on any atom is 0.0918 e. The molecule has 0 fully saturated rings. The zero-order chi connectivity index (χ0) is 13.7. The van der Waals surface area contributed by atoms with Crippen molar-refractivity contribution in [3.8, 4) is 0 Å². The van der Waals surface area contributed by atoms with Gasteiger partial charge < -0.3 is 5.73 Å². The summed E-state index contributed by atoms with van der Waals surface area (Å²) in [6, 6.07) is 2.88. The second kappa shape index (κ2) is 6.54.